The number of aryl methyl sites for hydroxylation is 2. The van der Waals surface area contributed by atoms with Crippen LogP contribution in [-0.4, -0.2) is 20.0 Å². The van der Waals surface area contributed by atoms with Crippen molar-refractivity contribution in [1.29, 1.82) is 0 Å². The fraction of sp³-hybridized carbons (Fsp3) is 0.375. The van der Waals surface area contributed by atoms with Crippen LogP contribution in [0.4, 0.5) is 0 Å². The highest BCUT2D eigenvalue weighted by atomic mass is 32.1. The Morgan fingerprint density at radius 3 is 2.57 bits per heavy atom. The van der Waals surface area contributed by atoms with E-state index in [1.165, 1.54) is 11.3 Å². The second-order valence-electron chi connectivity index (χ2n) is 3.09. The lowest BCUT2D eigenvalue weighted by Crippen LogP contribution is -1.92. The van der Waals surface area contributed by atoms with Gasteiger partial charge in [0.1, 0.15) is 5.01 Å². The van der Waals surface area contributed by atoms with Crippen molar-refractivity contribution < 1.29 is 0 Å². The molecule has 0 amide bonds. The maximum Gasteiger partial charge on any atom is 0.176 e. The maximum absolute atomic E-state index is 5.00. The van der Waals surface area contributed by atoms with E-state index in [0.29, 0.717) is 3.95 Å². The number of hydrogen-bond acceptors (Lipinski definition) is 4. The van der Waals surface area contributed by atoms with Crippen molar-refractivity contribution in [1.82, 2.24) is 20.0 Å². The van der Waals surface area contributed by atoms with Crippen LogP contribution in [0.1, 0.15) is 11.4 Å². The van der Waals surface area contributed by atoms with E-state index in [0.717, 1.165) is 22.0 Å². The van der Waals surface area contributed by atoms with Crippen LogP contribution in [0, 0.1) is 17.8 Å². The number of rotatable bonds is 1. The second kappa shape index (κ2) is 3.29. The Hall–Kier alpha value is -1.01. The lowest BCUT2D eigenvalue weighted by molar-refractivity contribution is 0.731. The summed E-state index contributed by atoms with van der Waals surface area (Å²) >= 11 is 6.48. The molecule has 2 aromatic rings. The quantitative estimate of drug-likeness (QED) is 0.758. The molecule has 0 saturated heterocycles. The number of nitrogens with zero attached hydrogens (tertiary/aromatic N) is 3. The average Bonchev–Trinajstić information content (AvgIpc) is 2.60. The first-order valence-corrected chi connectivity index (χ1v) is 5.38. The van der Waals surface area contributed by atoms with Crippen LogP contribution in [0.25, 0.3) is 10.6 Å². The zero-order valence-corrected chi connectivity index (χ0v) is 9.79. The lowest BCUT2D eigenvalue weighted by Gasteiger charge is -1.95. The average molecular weight is 226 g/mol. The predicted molar refractivity (Wildman–Crippen MR) is 59.0 cm³/mol. The van der Waals surface area contributed by atoms with Crippen LogP contribution >= 0.6 is 23.6 Å². The van der Waals surface area contributed by atoms with Gasteiger partial charge in [-0.2, -0.15) is 10.2 Å². The van der Waals surface area contributed by atoms with Crippen LogP contribution in [0.5, 0.6) is 0 Å². The first-order chi connectivity index (χ1) is 6.59. The molecule has 0 fully saturated rings. The normalized spacial score (nSPS) is 10.8. The van der Waals surface area contributed by atoms with Gasteiger partial charge in [-0.3, -0.25) is 9.78 Å². The fourth-order valence-corrected chi connectivity index (χ4v) is 2.46. The van der Waals surface area contributed by atoms with E-state index < -0.39 is 0 Å². The largest absolute Gasteiger partial charge is 0.272 e. The van der Waals surface area contributed by atoms with Crippen LogP contribution in [0.15, 0.2) is 0 Å². The monoisotopic (exact) mass is 226 g/mol. The predicted octanol–water partition coefficient (Wildman–Crippen LogP) is 2.22. The summed E-state index contributed by atoms with van der Waals surface area (Å²) in [6, 6.07) is 0. The summed E-state index contributed by atoms with van der Waals surface area (Å²) in [5, 5.41) is 12.2. The van der Waals surface area contributed by atoms with Gasteiger partial charge in [0.25, 0.3) is 0 Å². The third kappa shape index (κ3) is 1.40. The summed E-state index contributed by atoms with van der Waals surface area (Å²) in [4.78, 5) is 0. The number of aromatic amines is 1. The number of nitrogens with one attached hydrogen (secondary N) is 1. The van der Waals surface area contributed by atoms with Gasteiger partial charge in [-0.05, 0) is 26.1 Å². The van der Waals surface area contributed by atoms with E-state index in [1.54, 1.807) is 0 Å². The summed E-state index contributed by atoms with van der Waals surface area (Å²) in [7, 11) is 1.93. The molecule has 0 spiro atoms. The molecule has 0 unspecified atom stereocenters. The van der Waals surface area contributed by atoms with Gasteiger partial charge >= 0.3 is 0 Å². The molecule has 0 atom stereocenters. The van der Waals surface area contributed by atoms with Crippen molar-refractivity contribution in [2.24, 2.45) is 7.05 Å². The number of H-pyrrole nitrogens is 1. The SMILES string of the molecule is Cc1nn(C)c(C)c1-c1n[nH]c(=S)s1. The smallest absolute Gasteiger partial charge is 0.176 e. The van der Waals surface area contributed by atoms with Crippen LogP contribution < -0.4 is 0 Å². The summed E-state index contributed by atoms with van der Waals surface area (Å²) < 4.78 is 2.55. The molecule has 0 radical (unpaired) electrons. The van der Waals surface area contributed by atoms with Gasteiger partial charge in [-0.25, -0.2) is 0 Å². The van der Waals surface area contributed by atoms with Gasteiger partial charge in [-0.1, -0.05) is 11.3 Å². The standard InChI is InChI=1S/C8H10N4S2/c1-4-6(5(2)12(3)11-4)7-9-10-8(13)14-7/h1-3H3,(H,10,13). The molecular formula is C8H10N4S2. The molecule has 0 aliphatic carbocycles. The molecule has 1 N–H and O–H groups in total. The second-order valence-corrected chi connectivity index (χ2v) is 4.75. The molecular weight excluding hydrogens is 216 g/mol. The third-order valence-corrected chi connectivity index (χ3v) is 3.27. The zero-order valence-electron chi connectivity index (χ0n) is 8.16. The Balaban J connectivity index is 2.67. The van der Waals surface area contributed by atoms with E-state index in [-0.39, 0.29) is 0 Å². The highest BCUT2D eigenvalue weighted by molar-refractivity contribution is 7.73. The van der Waals surface area contributed by atoms with Crippen LogP contribution in [-0.2, 0) is 7.05 Å². The molecule has 0 aliphatic heterocycles. The lowest BCUT2D eigenvalue weighted by atomic mass is 10.2. The topological polar surface area (TPSA) is 46.5 Å². The van der Waals surface area contributed by atoms with Crippen LogP contribution in [0.2, 0.25) is 0 Å². The molecule has 0 aromatic carbocycles. The Labute approximate surface area is 90.6 Å². The molecule has 4 nitrogen and oxygen atoms in total. The van der Waals surface area contributed by atoms with Crippen LogP contribution in [0.3, 0.4) is 0 Å². The molecule has 2 rings (SSSR count). The molecule has 0 aliphatic rings. The minimum Gasteiger partial charge on any atom is -0.272 e. The zero-order chi connectivity index (χ0) is 10.3. The highest BCUT2D eigenvalue weighted by Crippen LogP contribution is 2.27. The summed E-state index contributed by atoms with van der Waals surface area (Å²) in [6.07, 6.45) is 0. The van der Waals surface area contributed by atoms with Crippen molar-refractivity contribution >= 4 is 23.6 Å². The van der Waals surface area contributed by atoms with E-state index >= 15 is 0 Å². The highest BCUT2D eigenvalue weighted by Gasteiger charge is 2.13. The third-order valence-electron chi connectivity index (χ3n) is 2.16. The Morgan fingerprint density at radius 1 is 1.43 bits per heavy atom. The van der Waals surface area contributed by atoms with Crippen molar-refractivity contribution in [3.63, 3.8) is 0 Å². The van der Waals surface area contributed by atoms with E-state index in [2.05, 4.69) is 15.3 Å². The van der Waals surface area contributed by atoms with Crippen molar-refractivity contribution in [3.8, 4) is 10.6 Å². The van der Waals surface area contributed by atoms with Gasteiger partial charge in [0.2, 0.25) is 0 Å². The van der Waals surface area contributed by atoms with Crippen molar-refractivity contribution in [2.45, 2.75) is 13.8 Å². The molecule has 0 bridgehead atoms. The van der Waals surface area contributed by atoms with Gasteiger partial charge < -0.3 is 0 Å². The Kier molecular flexibility index (Phi) is 2.24. The van der Waals surface area contributed by atoms with E-state index in [4.69, 9.17) is 12.2 Å². The molecule has 0 saturated carbocycles. The van der Waals surface area contributed by atoms with Crippen molar-refractivity contribution in [3.05, 3.63) is 15.3 Å². The summed E-state index contributed by atoms with van der Waals surface area (Å²) in [5.74, 6) is 0. The molecule has 2 heterocycles. The number of hydrogen-bond donors (Lipinski definition) is 1. The minimum atomic E-state index is 0.697. The molecule has 74 valence electrons. The van der Waals surface area contributed by atoms with Crippen molar-refractivity contribution in [2.75, 3.05) is 0 Å². The van der Waals surface area contributed by atoms with E-state index in [9.17, 15) is 0 Å². The number of aromatic nitrogens is 4. The Bertz CT molecular complexity index is 520. The van der Waals surface area contributed by atoms with Gasteiger partial charge in [0, 0.05) is 12.7 Å². The maximum atomic E-state index is 5.00. The molecule has 2 aromatic heterocycles. The summed E-state index contributed by atoms with van der Waals surface area (Å²) in [6.45, 7) is 4.01. The first kappa shape index (κ1) is 9.54. The van der Waals surface area contributed by atoms with Gasteiger partial charge in [0.05, 0.1) is 11.3 Å². The first-order valence-electron chi connectivity index (χ1n) is 4.15. The minimum absolute atomic E-state index is 0.697. The summed E-state index contributed by atoms with van der Waals surface area (Å²) in [5.41, 5.74) is 3.19. The van der Waals surface area contributed by atoms with Gasteiger partial charge in [0.15, 0.2) is 3.95 Å². The van der Waals surface area contributed by atoms with Gasteiger partial charge in [-0.15, -0.1) is 0 Å². The van der Waals surface area contributed by atoms with E-state index in [1.807, 2.05) is 25.6 Å². The molecule has 6 heteroatoms. The Morgan fingerprint density at radius 2 is 2.14 bits per heavy atom. The fourth-order valence-electron chi connectivity index (χ4n) is 1.42. The molecule has 14 heavy (non-hydrogen) atoms.